The highest BCUT2D eigenvalue weighted by Crippen LogP contribution is 2.42. The maximum atomic E-state index is 9.38. The normalized spacial score (nSPS) is 14.6. The van der Waals surface area contributed by atoms with Gasteiger partial charge in [0.05, 0.1) is 38.7 Å². The van der Waals surface area contributed by atoms with Crippen molar-refractivity contribution in [2.24, 2.45) is 0 Å². The molecule has 0 amide bonds. The van der Waals surface area contributed by atoms with Crippen LogP contribution >= 0.6 is 0 Å². The lowest BCUT2D eigenvalue weighted by Crippen LogP contribution is -2.02. The van der Waals surface area contributed by atoms with Gasteiger partial charge in [0.2, 0.25) is 0 Å². The maximum Gasteiger partial charge on any atom is 0.167 e. The minimum atomic E-state index is -0.695. The molecule has 0 N–H and O–H groups in total. The Morgan fingerprint density at radius 1 is 0.429 bits per heavy atom. The zero-order chi connectivity index (χ0) is 47.4. The number of hydrogen-bond acceptors (Lipinski definition) is 4. The molecule has 0 atom stereocenters. The van der Waals surface area contributed by atoms with Gasteiger partial charge in [-0.05, 0) is 47.5 Å². The molecule has 0 saturated carbocycles. The highest BCUT2D eigenvalue weighted by molar-refractivity contribution is 6.14. The van der Waals surface area contributed by atoms with Crippen LogP contribution in [0.4, 0.5) is 0 Å². The fourth-order valence-corrected chi connectivity index (χ4v) is 7.35. The Bertz CT molecular complexity index is 3920. The van der Waals surface area contributed by atoms with Gasteiger partial charge in [0.15, 0.2) is 17.5 Å². The third kappa shape index (κ3) is 5.21. The second kappa shape index (κ2) is 13.0. The highest BCUT2D eigenvalue weighted by Gasteiger charge is 2.22. The number of hydrogen-bond donors (Lipinski definition) is 0. The van der Waals surface area contributed by atoms with Crippen molar-refractivity contribution in [2.45, 2.75) is 0 Å². The molecule has 5 nitrogen and oxygen atoms in total. The summed E-state index contributed by atoms with van der Waals surface area (Å²) in [5.74, 6) is 0.987. The van der Waals surface area contributed by atoms with Crippen LogP contribution in [0.2, 0.25) is 0 Å². The van der Waals surface area contributed by atoms with Gasteiger partial charge in [-0.25, -0.2) is 15.0 Å². The lowest BCUT2D eigenvalue weighted by molar-refractivity contribution is 0.669. The van der Waals surface area contributed by atoms with Gasteiger partial charge in [0.25, 0.3) is 0 Å². The summed E-state index contributed by atoms with van der Waals surface area (Å²) < 4.78 is 115. The third-order valence-corrected chi connectivity index (χ3v) is 9.86. The van der Waals surface area contributed by atoms with Crippen LogP contribution in [0.5, 0.6) is 0 Å². The Morgan fingerprint density at radius 2 is 1.11 bits per heavy atom. The van der Waals surface area contributed by atoms with Crippen LogP contribution < -0.4 is 0 Å². The van der Waals surface area contributed by atoms with E-state index in [2.05, 4.69) is 0 Å². The minimum Gasteiger partial charge on any atom is -0.455 e. The molecule has 0 radical (unpaired) electrons. The van der Waals surface area contributed by atoms with Crippen LogP contribution in [0.15, 0.2) is 198 Å². The van der Waals surface area contributed by atoms with Crippen LogP contribution in [-0.2, 0) is 0 Å². The molecule has 262 valence electrons. The molecule has 0 aliphatic rings. The quantitative estimate of drug-likeness (QED) is 0.171. The molecule has 0 aliphatic carbocycles. The van der Waals surface area contributed by atoms with E-state index >= 15 is 0 Å². The molecule has 56 heavy (non-hydrogen) atoms. The lowest BCUT2D eigenvalue weighted by atomic mass is 9.99. The smallest absolute Gasteiger partial charge is 0.167 e. The predicted octanol–water partition coefficient (Wildman–Crippen LogP) is 13.2. The molecule has 3 aromatic heterocycles. The zero-order valence-electron chi connectivity index (χ0n) is 41.2. The van der Waals surface area contributed by atoms with Gasteiger partial charge in [-0.1, -0.05) is 157 Å². The molecule has 0 aliphatic heterocycles. The number of furan rings is 1. The number of aromatic nitrogens is 4. The van der Waals surface area contributed by atoms with E-state index in [1.165, 1.54) is 4.57 Å². The monoisotopic (exact) mass is 728 g/mol. The summed E-state index contributed by atoms with van der Waals surface area (Å²) in [5, 5.41) is 1.51. The first-order valence-corrected chi connectivity index (χ1v) is 17.8. The molecule has 11 aromatic rings. The average Bonchev–Trinajstić information content (AvgIpc) is 3.94. The van der Waals surface area contributed by atoms with Gasteiger partial charge in [0.1, 0.15) is 11.2 Å². The molecule has 0 fully saturated rings. The SMILES string of the molecule is [2H]c1c([2H])c([2H])c(-c2c([2H])c([2H])c([2H])c3c4c([2H])c([2H])c([2H])c([2H])c4n(-c4ccc(-c5nc(-c6ccccc6)nc(-c6cccc7c6oc6ccccc67)n5)cc4-c4ccccc4)c23)c([2H])c1[2H]. The van der Waals surface area contributed by atoms with Gasteiger partial charge >= 0.3 is 0 Å². The van der Waals surface area contributed by atoms with Gasteiger partial charge in [-0.3, -0.25) is 0 Å². The van der Waals surface area contributed by atoms with Crippen molar-refractivity contribution in [3.8, 4) is 62.1 Å². The predicted molar refractivity (Wildman–Crippen MR) is 229 cm³/mol. The van der Waals surface area contributed by atoms with Gasteiger partial charge < -0.3 is 8.98 Å². The van der Waals surface area contributed by atoms with Crippen LogP contribution in [0, 0.1) is 0 Å². The molecular formula is C51H32N4O. The summed E-state index contributed by atoms with van der Waals surface area (Å²) in [4.78, 5) is 15.1. The first kappa shape index (κ1) is 21.9. The summed E-state index contributed by atoms with van der Waals surface area (Å²) in [6.07, 6.45) is 0. The van der Waals surface area contributed by atoms with Crippen molar-refractivity contribution >= 4 is 43.7 Å². The van der Waals surface area contributed by atoms with E-state index in [0.717, 1.165) is 16.3 Å². The average molecular weight is 729 g/mol. The van der Waals surface area contributed by atoms with E-state index in [1.54, 1.807) is 12.1 Å². The Labute approximate surface area is 339 Å². The van der Waals surface area contributed by atoms with E-state index in [0.29, 0.717) is 45.1 Å². The topological polar surface area (TPSA) is 56.7 Å². The van der Waals surface area contributed by atoms with Crippen LogP contribution in [0.3, 0.4) is 0 Å². The third-order valence-electron chi connectivity index (χ3n) is 9.86. The fourth-order valence-electron chi connectivity index (χ4n) is 7.35. The summed E-state index contributed by atoms with van der Waals surface area (Å²) in [6.45, 7) is 0. The van der Waals surface area contributed by atoms with E-state index in [-0.39, 0.29) is 38.9 Å². The number of nitrogens with zero attached hydrogens (tertiary/aromatic N) is 4. The molecule has 0 spiro atoms. The molecule has 0 saturated heterocycles. The van der Waals surface area contributed by atoms with Crippen molar-refractivity contribution in [2.75, 3.05) is 0 Å². The fraction of sp³-hybridized carbons (Fsp3) is 0. The van der Waals surface area contributed by atoms with E-state index in [9.17, 15) is 5.48 Å². The van der Waals surface area contributed by atoms with Crippen molar-refractivity contribution in [3.05, 3.63) is 194 Å². The number of benzene rings is 8. The maximum absolute atomic E-state index is 9.38. The van der Waals surface area contributed by atoms with Crippen LogP contribution in [0.25, 0.3) is 106 Å². The molecule has 0 bridgehead atoms. The highest BCUT2D eigenvalue weighted by atomic mass is 16.3. The van der Waals surface area contributed by atoms with Crippen molar-refractivity contribution in [3.63, 3.8) is 0 Å². The second-order valence-electron chi connectivity index (χ2n) is 13.1. The van der Waals surface area contributed by atoms with Crippen molar-refractivity contribution < 1.29 is 20.9 Å². The Hall–Kier alpha value is -7.63. The molecule has 5 heteroatoms. The van der Waals surface area contributed by atoms with E-state index < -0.39 is 78.1 Å². The van der Waals surface area contributed by atoms with E-state index in [4.69, 9.17) is 30.3 Å². The van der Waals surface area contributed by atoms with E-state index in [1.807, 2.05) is 109 Å². The first-order valence-electron chi connectivity index (χ1n) is 23.8. The first-order chi connectivity index (χ1) is 32.8. The molecular weight excluding hydrogens is 685 g/mol. The largest absolute Gasteiger partial charge is 0.455 e. The molecule has 11 rings (SSSR count). The van der Waals surface area contributed by atoms with Crippen molar-refractivity contribution in [1.82, 2.24) is 19.5 Å². The Morgan fingerprint density at radius 3 is 1.95 bits per heavy atom. The van der Waals surface area contributed by atoms with Crippen molar-refractivity contribution in [1.29, 1.82) is 0 Å². The number of rotatable bonds is 6. The van der Waals surface area contributed by atoms with Gasteiger partial charge in [0, 0.05) is 43.8 Å². The number of fused-ring (bicyclic) bond motifs is 6. The van der Waals surface area contributed by atoms with Crippen LogP contribution in [0.1, 0.15) is 16.4 Å². The second-order valence-corrected chi connectivity index (χ2v) is 13.1. The van der Waals surface area contributed by atoms with Crippen LogP contribution in [-0.4, -0.2) is 19.5 Å². The van der Waals surface area contributed by atoms with Gasteiger partial charge in [-0.15, -0.1) is 0 Å². The Balaban J connectivity index is 1.26. The summed E-state index contributed by atoms with van der Waals surface area (Å²) in [6, 6.07) is 29.9. The van der Waals surface area contributed by atoms with Gasteiger partial charge in [-0.2, -0.15) is 0 Å². The summed E-state index contributed by atoms with van der Waals surface area (Å²) in [5.41, 5.74) is 3.55. The summed E-state index contributed by atoms with van der Waals surface area (Å²) >= 11 is 0. The lowest BCUT2D eigenvalue weighted by Gasteiger charge is -2.17. The molecule has 8 aromatic carbocycles. The summed E-state index contributed by atoms with van der Waals surface area (Å²) in [7, 11) is 0. The zero-order valence-corrected chi connectivity index (χ0v) is 29.2. The minimum absolute atomic E-state index is 0.115. The Kier molecular flexibility index (Phi) is 5.10. The number of para-hydroxylation sites is 4. The molecule has 0 unspecified atom stereocenters. The standard InChI is InChI=1S/C51H32N4O/c1-4-16-33(17-5-1)37-24-14-25-40-38-22-10-12-28-44(38)55(47(37)40)45-31-30-36(32-43(45)34-18-6-2-7-19-34)50-52-49(35-20-8-3-9-21-35)53-51(54-50)42-27-15-26-41-39-23-11-13-29-46(39)56-48(41)42/h1-32H/i1D,4D,5D,10D,12D,14D,16D,17D,22D,24D,25D,28D. The molecule has 3 heterocycles.